The van der Waals surface area contributed by atoms with Crippen LogP contribution in [0.5, 0.6) is 0 Å². The second-order valence-corrected chi connectivity index (χ2v) is 3.99. The number of rotatable bonds is 6. The number of morpholine rings is 1. The summed E-state index contributed by atoms with van der Waals surface area (Å²) in [6.07, 6.45) is 1.63. The smallest absolute Gasteiger partial charge is 0.236 e. The van der Waals surface area contributed by atoms with Crippen LogP contribution in [0.2, 0.25) is 0 Å². The number of carbonyl (C=O) groups excluding carboxylic acids is 1. The van der Waals surface area contributed by atoms with Crippen molar-refractivity contribution < 1.29 is 14.6 Å². The molecule has 5 nitrogen and oxygen atoms in total. The predicted molar refractivity (Wildman–Crippen MR) is 61.2 cm³/mol. The Morgan fingerprint density at radius 3 is 2.75 bits per heavy atom. The molecule has 1 heterocycles. The van der Waals surface area contributed by atoms with Gasteiger partial charge in [0.15, 0.2) is 0 Å². The summed E-state index contributed by atoms with van der Waals surface area (Å²) in [6.45, 7) is 5.23. The van der Waals surface area contributed by atoms with E-state index in [2.05, 4.69) is 5.32 Å². The molecular weight excluding hydrogens is 208 g/mol. The van der Waals surface area contributed by atoms with Crippen LogP contribution >= 0.6 is 0 Å². The molecule has 0 bridgehead atoms. The molecule has 0 aliphatic carbocycles. The van der Waals surface area contributed by atoms with E-state index >= 15 is 0 Å². The van der Waals surface area contributed by atoms with Crippen molar-refractivity contribution in [3.8, 4) is 0 Å². The summed E-state index contributed by atoms with van der Waals surface area (Å²) in [5, 5.41) is 12.0. The molecule has 1 saturated heterocycles. The molecule has 16 heavy (non-hydrogen) atoms. The number of hydrogen-bond acceptors (Lipinski definition) is 4. The van der Waals surface area contributed by atoms with Gasteiger partial charge in [-0.1, -0.05) is 6.92 Å². The minimum absolute atomic E-state index is 0.125. The van der Waals surface area contributed by atoms with Crippen LogP contribution in [0.15, 0.2) is 0 Å². The zero-order chi connectivity index (χ0) is 11.8. The van der Waals surface area contributed by atoms with Gasteiger partial charge in [-0.05, 0) is 12.8 Å². The van der Waals surface area contributed by atoms with E-state index in [0.29, 0.717) is 39.3 Å². The minimum Gasteiger partial charge on any atom is -0.396 e. The summed E-state index contributed by atoms with van der Waals surface area (Å²) < 4.78 is 5.19. The van der Waals surface area contributed by atoms with Gasteiger partial charge >= 0.3 is 0 Å². The first-order chi connectivity index (χ1) is 7.77. The standard InChI is InChI=1S/C11H22N2O3/c1-2-10(3-6-14)12-9-11(15)13-4-7-16-8-5-13/h10,12,14H,2-9H2,1H3. The lowest BCUT2D eigenvalue weighted by Gasteiger charge is -2.27. The summed E-state index contributed by atoms with van der Waals surface area (Å²) in [6, 6.07) is 0.231. The van der Waals surface area contributed by atoms with Gasteiger partial charge in [-0.15, -0.1) is 0 Å². The quantitative estimate of drug-likeness (QED) is 0.651. The van der Waals surface area contributed by atoms with Crippen molar-refractivity contribution in [1.29, 1.82) is 0 Å². The lowest BCUT2D eigenvalue weighted by molar-refractivity contribution is -0.134. The summed E-state index contributed by atoms with van der Waals surface area (Å²) in [4.78, 5) is 13.6. The van der Waals surface area contributed by atoms with Crippen molar-refractivity contribution in [1.82, 2.24) is 10.2 Å². The molecule has 0 aromatic carbocycles. The van der Waals surface area contributed by atoms with Crippen molar-refractivity contribution in [2.24, 2.45) is 0 Å². The molecule has 5 heteroatoms. The molecule has 0 aromatic rings. The number of aliphatic hydroxyl groups is 1. The number of aliphatic hydroxyl groups excluding tert-OH is 1. The third-order valence-corrected chi connectivity index (χ3v) is 2.88. The molecule has 1 unspecified atom stereocenters. The fourth-order valence-electron chi connectivity index (χ4n) is 1.76. The van der Waals surface area contributed by atoms with Crippen LogP contribution in [-0.4, -0.2) is 61.4 Å². The highest BCUT2D eigenvalue weighted by molar-refractivity contribution is 5.78. The predicted octanol–water partition coefficient (Wildman–Crippen LogP) is -0.404. The summed E-state index contributed by atoms with van der Waals surface area (Å²) >= 11 is 0. The van der Waals surface area contributed by atoms with E-state index in [1.807, 2.05) is 11.8 Å². The first-order valence-corrected chi connectivity index (χ1v) is 5.97. The highest BCUT2D eigenvalue weighted by Crippen LogP contribution is 1.99. The molecule has 1 fully saturated rings. The van der Waals surface area contributed by atoms with Gasteiger partial charge in [0.2, 0.25) is 5.91 Å². The zero-order valence-corrected chi connectivity index (χ0v) is 9.95. The molecule has 0 spiro atoms. The second kappa shape index (κ2) is 7.60. The Morgan fingerprint density at radius 2 is 2.19 bits per heavy atom. The maximum atomic E-state index is 11.8. The first-order valence-electron chi connectivity index (χ1n) is 5.97. The van der Waals surface area contributed by atoms with E-state index < -0.39 is 0 Å². The molecule has 0 saturated carbocycles. The van der Waals surface area contributed by atoms with Crippen molar-refractivity contribution in [2.45, 2.75) is 25.8 Å². The van der Waals surface area contributed by atoms with Crippen molar-refractivity contribution in [2.75, 3.05) is 39.5 Å². The summed E-state index contributed by atoms with van der Waals surface area (Å²) in [5.41, 5.74) is 0. The number of nitrogens with one attached hydrogen (secondary N) is 1. The van der Waals surface area contributed by atoms with Gasteiger partial charge in [-0.3, -0.25) is 4.79 Å². The Bertz CT molecular complexity index is 205. The molecule has 1 aliphatic rings. The lowest BCUT2D eigenvalue weighted by atomic mass is 10.1. The van der Waals surface area contributed by atoms with E-state index in [0.717, 1.165) is 6.42 Å². The Kier molecular flexibility index (Phi) is 6.37. The largest absolute Gasteiger partial charge is 0.396 e. The molecule has 94 valence electrons. The highest BCUT2D eigenvalue weighted by Gasteiger charge is 2.17. The van der Waals surface area contributed by atoms with E-state index in [-0.39, 0.29) is 18.6 Å². The SMILES string of the molecule is CCC(CCO)NCC(=O)N1CCOCC1. The molecule has 2 N–H and O–H groups in total. The van der Waals surface area contributed by atoms with Gasteiger partial charge in [0.25, 0.3) is 0 Å². The van der Waals surface area contributed by atoms with Crippen LogP contribution in [0.4, 0.5) is 0 Å². The molecule has 0 radical (unpaired) electrons. The number of hydrogen-bond donors (Lipinski definition) is 2. The molecule has 1 aliphatic heterocycles. The van der Waals surface area contributed by atoms with Crippen LogP contribution in [0.3, 0.4) is 0 Å². The van der Waals surface area contributed by atoms with Gasteiger partial charge < -0.3 is 20.1 Å². The van der Waals surface area contributed by atoms with Gasteiger partial charge in [0.05, 0.1) is 19.8 Å². The highest BCUT2D eigenvalue weighted by atomic mass is 16.5. The van der Waals surface area contributed by atoms with Crippen molar-refractivity contribution in [3.63, 3.8) is 0 Å². The Morgan fingerprint density at radius 1 is 1.50 bits per heavy atom. The number of ether oxygens (including phenoxy) is 1. The topological polar surface area (TPSA) is 61.8 Å². The molecule has 1 amide bonds. The number of amides is 1. The van der Waals surface area contributed by atoms with Gasteiger partial charge in [0.1, 0.15) is 0 Å². The maximum Gasteiger partial charge on any atom is 0.236 e. The number of nitrogens with zero attached hydrogens (tertiary/aromatic N) is 1. The zero-order valence-electron chi connectivity index (χ0n) is 9.95. The van der Waals surface area contributed by atoms with E-state index in [1.54, 1.807) is 0 Å². The molecule has 0 aromatic heterocycles. The Hall–Kier alpha value is -0.650. The van der Waals surface area contributed by atoms with Gasteiger partial charge in [-0.2, -0.15) is 0 Å². The molecule has 1 rings (SSSR count). The van der Waals surface area contributed by atoms with Crippen LogP contribution in [0, 0.1) is 0 Å². The van der Waals surface area contributed by atoms with E-state index in [1.165, 1.54) is 0 Å². The van der Waals surface area contributed by atoms with Crippen molar-refractivity contribution in [3.05, 3.63) is 0 Å². The summed E-state index contributed by atoms with van der Waals surface area (Å²) in [7, 11) is 0. The van der Waals surface area contributed by atoms with Crippen LogP contribution in [0.1, 0.15) is 19.8 Å². The molecular formula is C11H22N2O3. The third-order valence-electron chi connectivity index (χ3n) is 2.88. The maximum absolute atomic E-state index is 11.8. The minimum atomic E-state index is 0.125. The number of carbonyl (C=O) groups is 1. The molecule has 1 atom stereocenters. The normalized spacial score (nSPS) is 18.5. The monoisotopic (exact) mass is 230 g/mol. The first kappa shape index (κ1) is 13.4. The fourth-order valence-corrected chi connectivity index (χ4v) is 1.76. The van der Waals surface area contributed by atoms with Crippen LogP contribution in [0.25, 0.3) is 0 Å². The van der Waals surface area contributed by atoms with Gasteiger partial charge in [-0.25, -0.2) is 0 Å². The van der Waals surface area contributed by atoms with E-state index in [4.69, 9.17) is 9.84 Å². The average Bonchev–Trinajstić information content (AvgIpc) is 2.35. The third kappa shape index (κ3) is 4.47. The second-order valence-electron chi connectivity index (χ2n) is 3.99. The van der Waals surface area contributed by atoms with Crippen LogP contribution in [-0.2, 0) is 9.53 Å². The van der Waals surface area contributed by atoms with Gasteiger partial charge in [0, 0.05) is 25.7 Å². The summed E-state index contributed by atoms with van der Waals surface area (Å²) in [5.74, 6) is 0.125. The fraction of sp³-hybridized carbons (Fsp3) is 0.909. The van der Waals surface area contributed by atoms with Crippen LogP contribution < -0.4 is 5.32 Å². The Labute approximate surface area is 96.8 Å². The van der Waals surface area contributed by atoms with E-state index in [9.17, 15) is 4.79 Å². The Balaban J connectivity index is 2.22. The lowest BCUT2D eigenvalue weighted by Crippen LogP contribution is -2.46. The van der Waals surface area contributed by atoms with Crippen molar-refractivity contribution >= 4 is 5.91 Å². The average molecular weight is 230 g/mol.